The largest absolute Gasteiger partial charge is 0.461 e. The first-order valence-corrected chi connectivity index (χ1v) is 8.01. The molecule has 3 rings (SSSR count). The van der Waals surface area contributed by atoms with Gasteiger partial charge in [0.05, 0.1) is 5.39 Å². The van der Waals surface area contributed by atoms with E-state index in [4.69, 9.17) is 4.74 Å². The molecule has 0 fully saturated rings. The van der Waals surface area contributed by atoms with Crippen molar-refractivity contribution in [3.05, 3.63) is 68.0 Å². The van der Waals surface area contributed by atoms with Crippen LogP contribution in [-0.4, -0.2) is 20.9 Å². The Kier molecular flexibility index (Phi) is 4.83. The summed E-state index contributed by atoms with van der Waals surface area (Å²) in [6, 6.07) is 7.74. The third-order valence-electron chi connectivity index (χ3n) is 3.99. The second-order valence-electron chi connectivity index (χ2n) is 5.84. The summed E-state index contributed by atoms with van der Waals surface area (Å²) in [5.74, 6) is -0.432. The quantitative estimate of drug-likeness (QED) is 0.599. The number of hydrogen-bond donors (Lipinski definition) is 3. The lowest BCUT2D eigenvalue weighted by Crippen LogP contribution is -2.24. The van der Waals surface area contributed by atoms with E-state index in [9.17, 15) is 14.4 Å². The number of ether oxygens (including phenoxy) is 1. The maximum absolute atomic E-state index is 12.3. The minimum atomic E-state index is -0.624. The number of benzene rings is 1. The molecule has 3 aromatic rings. The molecule has 2 heterocycles. The number of aryl methyl sites for hydroxylation is 1. The molecule has 0 saturated heterocycles. The lowest BCUT2D eigenvalue weighted by atomic mass is 10.1. The minimum Gasteiger partial charge on any atom is -0.461 e. The highest BCUT2D eigenvalue weighted by molar-refractivity contribution is 5.79. The number of anilines is 1. The highest BCUT2D eigenvalue weighted by Gasteiger charge is 2.14. The number of esters is 1. The number of rotatable bonds is 5. The summed E-state index contributed by atoms with van der Waals surface area (Å²) in [4.78, 5) is 43.8. The van der Waals surface area contributed by atoms with Crippen molar-refractivity contribution < 1.29 is 9.53 Å². The molecule has 0 radical (unpaired) electrons. The van der Waals surface area contributed by atoms with Crippen molar-refractivity contribution in [2.24, 2.45) is 0 Å². The first kappa shape index (κ1) is 17.4. The van der Waals surface area contributed by atoms with Crippen LogP contribution in [0.5, 0.6) is 0 Å². The zero-order valence-electron chi connectivity index (χ0n) is 14.4. The Hall–Kier alpha value is -3.42. The molecule has 0 bridgehead atoms. The fourth-order valence-electron chi connectivity index (χ4n) is 2.69. The van der Waals surface area contributed by atoms with E-state index in [1.807, 2.05) is 31.2 Å². The standard InChI is InChI=1S/C18H18N4O4/c1-10-5-3-4-6-14(10)19-8-13-12(9-26-11(2)23)7-20-16-15(13)17(24)22-18(25)21-16/h3-7,19H,8-9H2,1-2H3,(H2,20,21,22,24,25). The molecule has 0 atom stereocenters. The average molecular weight is 354 g/mol. The zero-order valence-corrected chi connectivity index (χ0v) is 14.4. The molecule has 0 aliphatic rings. The van der Waals surface area contributed by atoms with Crippen molar-refractivity contribution in [2.45, 2.75) is 27.0 Å². The third-order valence-corrected chi connectivity index (χ3v) is 3.99. The molecule has 0 saturated carbocycles. The van der Waals surface area contributed by atoms with Crippen LogP contribution < -0.4 is 16.6 Å². The number of para-hydroxylation sites is 1. The van der Waals surface area contributed by atoms with Gasteiger partial charge in [0.2, 0.25) is 0 Å². The summed E-state index contributed by atoms with van der Waals surface area (Å²) in [5, 5.41) is 3.54. The molecule has 0 aliphatic heterocycles. The third kappa shape index (κ3) is 3.64. The van der Waals surface area contributed by atoms with Gasteiger partial charge >= 0.3 is 11.7 Å². The minimum absolute atomic E-state index is 0.0123. The van der Waals surface area contributed by atoms with E-state index in [0.717, 1.165) is 11.3 Å². The van der Waals surface area contributed by atoms with Gasteiger partial charge in [0, 0.05) is 30.9 Å². The summed E-state index contributed by atoms with van der Waals surface area (Å²) in [5.41, 5.74) is 2.18. The zero-order chi connectivity index (χ0) is 18.7. The normalized spacial score (nSPS) is 10.7. The van der Waals surface area contributed by atoms with E-state index < -0.39 is 17.2 Å². The van der Waals surface area contributed by atoms with Crippen LogP contribution in [0.25, 0.3) is 11.0 Å². The van der Waals surface area contributed by atoms with Crippen LogP contribution in [0, 0.1) is 6.92 Å². The SMILES string of the molecule is CC(=O)OCc1cnc2[nH]c(=O)[nH]c(=O)c2c1CNc1ccccc1C. The van der Waals surface area contributed by atoms with Gasteiger partial charge in [-0.3, -0.25) is 19.6 Å². The first-order valence-electron chi connectivity index (χ1n) is 8.01. The molecule has 1 aromatic carbocycles. The lowest BCUT2D eigenvalue weighted by Gasteiger charge is -2.14. The summed E-state index contributed by atoms with van der Waals surface area (Å²) in [7, 11) is 0. The fraction of sp³-hybridized carbons (Fsp3) is 0.222. The maximum Gasteiger partial charge on any atom is 0.327 e. The predicted octanol–water partition coefficient (Wildman–Crippen LogP) is 1.60. The Bertz CT molecular complexity index is 1080. The van der Waals surface area contributed by atoms with Gasteiger partial charge in [-0.1, -0.05) is 18.2 Å². The van der Waals surface area contributed by atoms with E-state index in [1.165, 1.54) is 13.1 Å². The van der Waals surface area contributed by atoms with Crippen molar-refractivity contribution in [3.63, 3.8) is 0 Å². The van der Waals surface area contributed by atoms with E-state index in [0.29, 0.717) is 17.7 Å². The molecular weight excluding hydrogens is 336 g/mol. The number of nitrogens with zero attached hydrogens (tertiary/aromatic N) is 1. The van der Waals surface area contributed by atoms with Gasteiger partial charge in [-0.2, -0.15) is 0 Å². The molecule has 0 spiro atoms. The van der Waals surface area contributed by atoms with Gasteiger partial charge in [0.25, 0.3) is 5.56 Å². The van der Waals surface area contributed by atoms with E-state index in [2.05, 4.69) is 20.3 Å². The van der Waals surface area contributed by atoms with Crippen LogP contribution in [0.2, 0.25) is 0 Å². The van der Waals surface area contributed by atoms with Crippen LogP contribution in [-0.2, 0) is 22.7 Å². The van der Waals surface area contributed by atoms with Crippen LogP contribution in [0.4, 0.5) is 5.69 Å². The molecule has 8 heteroatoms. The molecule has 0 amide bonds. The Morgan fingerprint density at radius 1 is 1.23 bits per heavy atom. The molecule has 0 aliphatic carbocycles. The van der Waals surface area contributed by atoms with Gasteiger partial charge in [0.1, 0.15) is 12.3 Å². The Morgan fingerprint density at radius 3 is 2.73 bits per heavy atom. The van der Waals surface area contributed by atoms with Crippen molar-refractivity contribution in [1.82, 2.24) is 15.0 Å². The highest BCUT2D eigenvalue weighted by atomic mass is 16.5. The Balaban J connectivity index is 2.07. The van der Waals surface area contributed by atoms with Crippen molar-refractivity contribution in [1.29, 1.82) is 0 Å². The number of nitrogens with one attached hydrogen (secondary N) is 3. The number of carbonyl (C=O) groups excluding carboxylic acids is 1. The lowest BCUT2D eigenvalue weighted by molar-refractivity contribution is -0.142. The number of fused-ring (bicyclic) bond motifs is 1. The Labute approximate surface area is 148 Å². The van der Waals surface area contributed by atoms with Gasteiger partial charge in [0.15, 0.2) is 0 Å². The number of H-pyrrole nitrogens is 2. The fourth-order valence-corrected chi connectivity index (χ4v) is 2.69. The molecule has 2 aromatic heterocycles. The molecule has 8 nitrogen and oxygen atoms in total. The maximum atomic E-state index is 12.3. The second-order valence-corrected chi connectivity index (χ2v) is 5.84. The topological polar surface area (TPSA) is 117 Å². The summed E-state index contributed by atoms with van der Waals surface area (Å²) in [6.07, 6.45) is 1.50. The van der Waals surface area contributed by atoms with Crippen molar-refractivity contribution in [2.75, 3.05) is 5.32 Å². The smallest absolute Gasteiger partial charge is 0.327 e. The van der Waals surface area contributed by atoms with Crippen molar-refractivity contribution in [3.8, 4) is 0 Å². The average Bonchev–Trinajstić information content (AvgIpc) is 2.59. The number of carbonyl (C=O) groups is 1. The number of aromatic amines is 2. The predicted molar refractivity (Wildman–Crippen MR) is 97.0 cm³/mol. The first-order chi connectivity index (χ1) is 12.5. The van der Waals surface area contributed by atoms with Crippen LogP contribution in [0.1, 0.15) is 23.6 Å². The monoisotopic (exact) mass is 354 g/mol. The van der Waals surface area contributed by atoms with Gasteiger partial charge in [-0.25, -0.2) is 9.78 Å². The summed E-state index contributed by atoms with van der Waals surface area (Å²) in [6.45, 7) is 3.57. The summed E-state index contributed by atoms with van der Waals surface area (Å²) >= 11 is 0. The number of pyridine rings is 1. The van der Waals surface area contributed by atoms with E-state index in [1.54, 1.807) is 0 Å². The molecule has 3 N–H and O–H groups in total. The molecular formula is C18H18N4O4. The van der Waals surface area contributed by atoms with Crippen molar-refractivity contribution >= 4 is 22.7 Å². The molecule has 134 valence electrons. The molecule has 26 heavy (non-hydrogen) atoms. The Morgan fingerprint density at radius 2 is 2.00 bits per heavy atom. The van der Waals surface area contributed by atoms with Gasteiger partial charge in [-0.15, -0.1) is 0 Å². The van der Waals surface area contributed by atoms with Gasteiger partial charge in [-0.05, 0) is 24.1 Å². The van der Waals surface area contributed by atoms with Crippen LogP contribution in [0.3, 0.4) is 0 Å². The van der Waals surface area contributed by atoms with Crippen LogP contribution >= 0.6 is 0 Å². The summed E-state index contributed by atoms with van der Waals surface area (Å²) < 4.78 is 5.07. The second kappa shape index (κ2) is 7.22. The van der Waals surface area contributed by atoms with E-state index in [-0.39, 0.29) is 17.6 Å². The molecule has 0 unspecified atom stereocenters. The number of hydrogen-bond acceptors (Lipinski definition) is 6. The van der Waals surface area contributed by atoms with Crippen LogP contribution in [0.15, 0.2) is 40.1 Å². The van der Waals surface area contributed by atoms with E-state index >= 15 is 0 Å². The number of aromatic nitrogens is 3. The highest BCUT2D eigenvalue weighted by Crippen LogP contribution is 2.20. The van der Waals surface area contributed by atoms with Gasteiger partial charge < -0.3 is 10.1 Å².